The molecule has 0 aromatic heterocycles. The highest BCUT2D eigenvalue weighted by Gasteiger charge is 2.53. The van der Waals surface area contributed by atoms with E-state index in [-0.39, 0.29) is 0 Å². The zero-order valence-electron chi connectivity index (χ0n) is 12.3. The summed E-state index contributed by atoms with van der Waals surface area (Å²) in [6.07, 6.45) is 16.1. The lowest BCUT2D eigenvalue weighted by molar-refractivity contribution is 0.478. The largest absolute Gasteiger partial charge is 0.329 e. The zero-order valence-corrected chi connectivity index (χ0v) is 13.3. The highest BCUT2D eigenvalue weighted by atomic mass is 31.1. The standard InChI is InChI=1S/C14H23P.C2H8N2/c1-5-13(6-2-11(1)9-13)15-14-7-3-12(10-14)4-8-14;3-1-2-4/h11-12,15H,1-10H2;1-4H2. The fourth-order valence-corrected chi connectivity index (χ4v) is 8.28. The van der Waals surface area contributed by atoms with E-state index in [1.807, 2.05) is 0 Å². The van der Waals surface area contributed by atoms with Crippen molar-refractivity contribution in [2.75, 3.05) is 13.1 Å². The van der Waals surface area contributed by atoms with Crippen molar-refractivity contribution < 1.29 is 0 Å². The van der Waals surface area contributed by atoms with E-state index in [2.05, 4.69) is 0 Å². The lowest BCUT2D eigenvalue weighted by Gasteiger charge is -2.37. The van der Waals surface area contributed by atoms with Crippen LogP contribution in [-0.2, 0) is 0 Å². The van der Waals surface area contributed by atoms with Gasteiger partial charge in [0.2, 0.25) is 0 Å². The maximum absolute atomic E-state index is 4.90. The van der Waals surface area contributed by atoms with Gasteiger partial charge in [-0.3, -0.25) is 0 Å². The third kappa shape index (κ3) is 2.87. The zero-order chi connectivity index (χ0) is 13.3. The molecule has 0 aromatic rings. The van der Waals surface area contributed by atoms with Gasteiger partial charge in [0.15, 0.2) is 0 Å². The molecule has 19 heavy (non-hydrogen) atoms. The summed E-state index contributed by atoms with van der Waals surface area (Å²) in [6.45, 7) is 1.19. The maximum atomic E-state index is 4.90. The van der Waals surface area contributed by atoms with Gasteiger partial charge in [-0.05, 0) is 86.4 Å². The van der Waals surface area contributed by atoms with Crippen molar-refractivity contribution in [2.45, 2.75) is 74.5 Å². The molecule has 0 amide bonds. The number of hydrogen-bond acceptors (Lipinski definition) is 2. The molecule has 0 heterocycles. The van der Waals surface area contributed by atoms with Gasteiger partial charge in [-0.1, -0.05) is 0 Å². The Morgan fingerprint density at radius 2 is 1.11 bits per heavy atom. The molecule has 0 spiro atoms. The van der Waals surface area contributed by atoms with Gasteiger partial charge in [0.25, 0.3) is 0 Å². The molecule has 0 unspecified atom stereocenters. The minimum atomic E-state index is 0.597. The molecule has 0 aromatic carbocycles. The molecular formula is C16H31N2P. The molecule has 4 rings (SSSR count). The van der Waals surface area contributed by atoms with E-state index in [9.17, 15) is 0 Å². The summed E-state index contributed by atoms with van der Waals surface area (Å²) >= 11 is 0. The molecule has 2 nitrogen and oxygen atoms in total. The van der Waals surface area contributed by atoms with Crippen LogP contribution in [0, 0.1) is 11.8 Å². The van der Waals surface area contributed by atoms with Crippen LogP contribution in [0.5, 0.6) is 0 Å². The van der Waals surface area contributed by atoms with Crippen LogP contribution in [0.2, 0.25) is 0 Å². The molecular weight excluding hydrogens is 251 g/mol. The third-order valence-corrected chi connectivity index (χ3v) is 8.65. The van der Waals surface area contributed by atoms with Crippen LogP contribution in [0.15, 0.2) is 0 Å². The molecule has 0 saturated heterocycles. The van der Waals surface area contributed by atoms with E-state index in [0.717, 1.165) is 22.1 Å². The summed E-state index contributed by atoms with van der Waals surface area (Å²) in [6, 6.07) is 0. The average Bonchev–Trinajstić information content (AvgIpc) is 3.18. The van der Waals surface area contributed by atoms with Gasteiger partial charge in [-0.25, -0.2) is 0 Å². The van der Waals surface area contributed by atoms with Crippen molar-refractivity contribution in [3.63, 3.8) is 0 Å². The quantitative estimate of drug-likeness (QED) is 0.781. The van der Waals surface area contributed by atoms with Crippen LogP contribution in [0.3, 0.4) is 0 Å². The fraction of sp³-hybridized carbons (Fsp3) is 1.00. The van der Waals surface area contributed by atoms with E-state index < -0.39 is 0 Å². The molecule has 110 valence electrons. The Hall–Kier alpha value is 0.350. The molecule has 4 fully saturated rings. The van der Waals surface area contributed by atoms with Gasteiger partial charge in [0, 0.05) is 13.1 Å². The lowest BCUT2D eigenvalue weighted by atomic mass is 9.99. The van der Waals surface area contributed by atoms with E-state index in [0.29, 0.717) is 13.1 Å². The van der Waals surface area contributed by atoms with Gasteiger partial charge >= 0.3 is 0 Å². The smallest absolute Gasteiger partial charge is 0.00461 e. The monoisotopic (exact) mass is 282 g/mol. The summed E-state index contributed by atoms with van der Waals surface area (Å²) in [5, 5.41) is 1.79. The van der Waals surface area contributed by atoms with Crippen LogP contribution in [0.4, 0.5) is 0 Å². The van der Waals surface area contributed by atoms with Crippen molar-refractivity contribution >= 4 is 8.58 Å². The minimum absolute atomic E-state index is 0.597. The summed E-state index contributed by atoms with van der Waals surface area (Å²) in [7, 11) is 1.36. The fourth-order valence-electron chi connectivity index (χ4n) is 5.30. The summed E-state index contributed by atoms with van der Waals surface area (Å²) in [5.74, 6) is 2.32. The Balaban J connectivity index is 0.000000247. The molecule has 4 saturated carbocycles. The van der Waals surface area contributed by atoms with E-state index in [1.165, 1.54) is 8.58 Å². The minimum Gasteiger partial charge on any atom is -0.329 e. The molecule has 4 N–H and O–H groups in total. The Morgan fingerprint density at radius 3 is 1.32 bits per heavy atom. The van der Waals surface area contributed by atoms with Crippen molar-refractivity contribution in [3.05, 3.63) is 0 Å². The van der Waals surface area contributed by atoms with Gasteiger partial charge in [-0.2, -0.15) is 0 Å². The number of hydrogen-bond donors (Lipinski definition) is 2. The predicted octanol–water partition coefficient (Wildman–Crippen LogP) is 3.23. The van der Waals surface area contributed by atoms with Crippen molar-refractivity contribution in [1.29, 1.82) is 0 Å². The molecule has 4 aliphatic carbocycles. The number of fused-ring (bicyclic) bond motifs is 4. The summed E-state index contributed by atoms with van der Waals surface area (Å²) < 4.78 is 0. The second kappa shape index (κ2) is 5.62. The number of nitrogens with two attached hydrogens (primary N) is 2. The molecule has 0 aliphatic heterocycles. The first-order valence-corrected chi connectivity index (χ1v) is 9.39. The maximum Gasteiger partial charge on any atom is 0.00461 e. The Labute approximate surface area is 120 Å². The lowest BCUT2D eigenvalue weighted by Crippen LogP contribution is -2.26. The second-order valence-electron chi connectivity index (χ2n) is 7.56. The van der Waals surface area contributed by atoms with Gasteiger partial charge < -0.3 is 11.5 Å². The first kappa shape index (κ1) is 14.3. The van der Waals surface area contributed by atoms with Gasteiger partial charge in [0.05, 0.1) is 0 Å². The van der Waals surface area contributed by atoms with Crippen LogP contribution >= 0.6 is 8.58 Å². The SMILES string of the molecule is C1CC2(PC34CCC(CC3)C4)CCC1C2.NCCN. The van der Waals surface area contributed by atoms with Crippen molar-refractivity contribution in [3.8, 4) is 0 Å². The van der Waals surface area contributed by atoms with Gasteiger partial charge in [-0.15, -0.1) is 8.58 Å². The van der Waals surface area contributed by atoms with E-state index in [4.69, 9.17) is 11.5 Å². The van der Waals surface area contributed by atoms with Crippen molar-refractivity contribution in [1.82, 2.24) is 0 Å². The number of rotatable bonds is 3. The summed E-state index contributed by atoms with van der Waals surface area (Å²) in [4.78, 5) is 0. The van der Waals surface area contributed by atoms with Crippen LogP contribution in [0.1, 0.15) is 64.2 Å². The highest BCUT2D eigenvalue weighted by molar-refractivity contribution is 7.42. The van der Waals surface area contributed by atoms with E-state index >= 15 is 0 Å². The highest BCUT2D eigenvalue weighted by Crippen LogP contribution is 2.68. The second-order valence-corrected chi connectivity index (χ2v) is 9.93. The molecule has 4 bridgehead atoms. The van der Waals surface area contributed by atoms with Crippen LogP contribution in [0.25, 0.3) is 0 Å². The van der Waals surface area contributed by atoms with Gasteiger partial charge in [0.1, 0.15) is 0 Å². The Bertz CT molecular complexity index is 272. The predicted molar refractivity (Wildman–Crippen MR) is 85.0 cm³/mol. The average molecular weight is 282 g/mol. The third-order valence-electron chi connectivity index (χ3n) is 6.18. The first-order chi connectivity index (χ1) is 9.19. The van der Waals surface area contributed by atoms with Crippen LogP contribution < -0.4 is 11.5 Å². The molecule has 4 aliphatic rings. The first-order valence-electron chi connectivity index (χ1n) is 8.39. The van der Waals surface area contributed by atoms with Crippen molar-refractivity contribution in [2.24, 2.45) is 23.3 Å². The van der Waals surface area contributed by atoms with Crippen LogP contribution in [-0.4, -0.2) is 23.4 Å². The Kier molecular flexibility index (Phi) is 4.23. The molecule has 0 radical (unpaired) electrons. The topological polar surface area (TPSA) is 52.0 Å². The Morgan fingerprint density at radius 1 is 0.737 bits per heavy atom. The summed E-state index contributed by atoms with van der Waals surface area (Å²) in [5.41, 5.74) is 9.81. The normalized spacial score (nSPS) is 47.1. The van der Waals surface area contributed by atoms with E-state index in [1.54, 1.807) is 64.2 Å². The molecule has 0 atom stereocenters. The molecule has 3 heteroatoms.